The van der Waals surface area contributed by atoms with E-state index in [9.17, 15) is 17.2 Å². The highest BCUT2D eigenvalue weighted by molar-refractivity contribution is 7.92. The maximum absolute atomic E-state index is 15.1. The van der Waals surface area contributed by atoms with E-state index in [4.69, 9.17) is 14.7 Å². The van der Waals surface area contributed by atoms with Crippen molar-refractivity contribution in [3.8, 4) is 21.8 Å². The van der Waals surface area contributed by atoms with Crippen molar-refractivity contribution in [3.05, 3.63) is 89.5 Å². The van der Waals surface area contributed by atoms with Crippen LogP contribution in [-0.4, -0.2) is 79.7 Å². The zero-order valence-corrected chi connectivity index (χ0v) is 28.6. The molecule has 0 amide bonds. The number of pyridine rings is 1. The number of likely N-dealkylation sites (tertiary alicyclic amines) is 1. The first-order valence-corrected chi connectivity index (χ1v) is 18.3. The van der Waals surface area contributed by atoms with Crippen LogP contribution in [0.1, 0.15) is 23.8 Å². The van der Waals surface area contributed by atoms with Crippen LogP contribution in [-0.2, 0) is 14.8 Å². The number of anilines is 4. The highest BCUT2D eigenvalue weighted by Crippen LogP contribution is 2.42. The number of piperidine rings is 1. The number of rotatable bonds is 9. The molecule has 0 unspecified atom stereocenters. The SMILES string of the molecule is CN1CCC(c2nc(-c3ccc(F)c(NS(=O)(=O)c4c(F)cccc4F)c3)c(-c3ccnc(Nc4ccc(N5CCOCC5)nc4)n3)s2)CC1. The largest absolute Gasteiger partial charge is 0.378 e. The van der Waals surface area contributed by atoms with Crippen LogP contribution in [0, 0.1) is 17.5 Å². The maximum Gasteiger partial charge on any atom is 0.267 e. The molecule has 16 heteroatoms. The number of halogens is 3. The van der Waals surface area contributed by atoms with Gasteiger partial charge >= 0.3 is 0 Å². The Bertz CT molecular complexity index is 2080. The Morgan fingerprint density at radius 2 is 1.66 bits per heavy atom. The number of nitrogens with one attached hydrogen (secondary N) is 2. The van der Waals surface area contributed by atoms with Crippen molar-refractivity contribution in [3.63, 3.8) is 0 Å². The molecule has 2 aromatic carbocycles. The van der Waals surface area contributed by atoms with Crippen molar-refractivity contribution in [1.29, 1.82) is 0 Å². The molecule has 0 spiro atoms. The number of aromatic nitrogens is 4. The summed E-state index contributed by atoms with van der Waals surface area (Å²) in [5.41, 5.74) is 1.61. The van der Waals surface area contributed by atoms with E-state index in [0.29, 0.717) is 46.7 Å². The summed E-state index contributed by atoms with van der Waals surface area (Å²) < 4.78 is 77.5. The zero-order valence-electron chi connectivity index (χ0n) is 26.9. The van der Waals surface area contributed by atoms with Gasteiger partial charge in [-0.2, -0.15) is 0 Å². The first-order chi connectivity index (χ1) is 24.1. The summed E-state index contributed by atoms with van der Waals surface area (Å²) in [6.07, 6.45) is 5.13. The molecule has 260 valence electrons. The lowest BCUT2D eigenvalue weighted by Crippen LogP contribution is -2.36. The first-order valence-electron chi connectivity index (χ1n) is 16.0. The predicted molar refractivity (Wildman–Crippen MR) is 186 cm³/mol. The van der Waals surface area contributed by atoms with Gasteiger partial charge in [-0.3, -0.25) is 4.72 Å². The second kappa shape index (κ2) is 14.3. The summed E-state index contributed by atoms with van der Waals surface area (Å²) in [6, 6.07) is 12.1. The van der Waals surface area contributed by atoms with E-state index in [1.54, 1.807) is 18.5 Å². The van der Waals surface area contributed by atoms with E-state index in [-0.39, 0.29) is 5.92 Å². The molecular weight excluding hydrogens is 690 g/mol. The van der Waals surface area contributed by atoms with Crippen LogP contribution < -0.4 is 14.9 Å². The number of hydrogen-bond donors (Lipinski definition) is 2. The standard InChI is InChI=1S/C34H33F3N8O3S2/c1-44-13-10-21(11-14-44)33-42-30(22-5-7-24(35)28(19-22)43-50(46,47)32-25(36)3-2-4-26(32)37)31(49-33)27-9-12-38-34(41-27)40-23-6-8-29(39-20-23)45-15-17-48-18-16-45/h2-9,12,19-21,43H,10-11,13-18H2,1H3,(H,38,40,41). The molecule has 0 atom stereocenters. The van der Waals surface area contributed by atoms with Crippen molar-refractivity contribution in [2.24, 2.45) is 0 Å². The average Bonchev–Trinajstić information content (AvgIpc) is 3.56. The van der Waals surface area contributed by atoms with Crippen LogP contribution in [0.25, 0.3) is 21.8 Å². The molecule has 11 nitrogen and oxygen atoms in total. The molecule has 0 saturated carbocycles. The Morgan fingerprint density at radius 1 is 0.900 bits per heavy atom. The van der Waals surface area contributed by atoms with Crippen LogP contribution in [0.3, 0.4) is 0 Å². The third-order valence-electron chi connectivity index (χ3n) is 8.61. The number of hydrogen-bond acceptors (Lipinski definition) is 11. The summed E-state index contributed by atoms with van der Waals surface area (Å²) >= 11 is 1.46. The average molecular weight is 723 g/mol. The Kier molecular flexibility index (Phi) is 9.68. The molecule has 2 fully saturated rings. The van der Waals surface area contributed by atoms with E-state index in [2.05, 4.69) is 32.1 Å². The fourth-order valence-corrected chi connectivity index (χ4v) is 8.36. The first kappa shape index (κ1) is 33.8. The highest BCUT2D eigenvalue weighted by atomic mass is 32.2. The molecule has 5 aromatic rings. The van der Waals surface area contributed by atoms with E-state index < -0.39 is 38.1 Å². The minimum atomic E-state index is -4.82. The second-order valence-electron chi connectivity index (χ2n) is 12.1. The molecule has 0 aliphatic carbocycles. The summed E-state index contributed by atoms with van der Waals surface area (Å²) in [4.78, 5) is 22.7. The van der Waals surface area contributed by atoms with Gasteiger partial charge < -0.3 is 19.9 Å². The highest BCUT2D eigenvalue weighted by Gasteiger charge is 2.28. The topological polar surface area (TPSA) is 125 Å². The molecule has 2 N–H and O–H groups in total. The smallest absolute Gasteiger partial charge is 0.267 e. The van der Waals surface area contributed by atoms with Crippen LogP contribution in [0.5, 0.6) is 0 Å². The van der Waals surface area contributed by atoms with Gasteiger partial charge in [-0.05, 0) is 81.5 Å². The third kappa shape index (κ3) is 7.28. The Balaban J connectivity index is 1.22. The molecule has 0 radical (unpaired) electrons. The van der Waals surface area contributed by atoms with Gasteiger partial charge in [0.25, 0.3) is 10.0 Å². The molecule has 2 aliphatic heterocycles. The normalized spacial score (nSPS) is 16.0. The molecular formula is C34H33F3N8O3S2. The van der Waals surface area contributed by atoms with Crippen LogP contribution >= 0.6 is 11.3 Å². The lowest BCUT2D eigenvalue weighted by molar-refractivity contribution is 0.122. The fraction of sp³-hybridized carbons (Fsp3) is 0.294. The monoisotopic (exact) mass is 722 g/mol. The van der Waals surface area contributed by atoms with E-state index in [1.165, 1.54) is 23.5 Å². The maximum atomic E-state index is 15.1. The predicted octanol–water partition coefficient (Wildman–Crippen LogP) is 6.27. The second-order valence-corrected chi connectivity index (χ2v) is 14.7. The van der Waals surface area contributed by atoms with Crippen molar-refractivity contribution < 1.29 is 26.3 Å². The van der Waals surface area contributed by atoms with Gasteiger partial charge in [0.05, 0.1) is 52.1 Å². The summed E-state index contributed by atoms with van der Waals surface area (Å²) in [6.45, 7) is 4.67. The van der Waals surface area contributed by atoms with Crippen LogP contribution in [0.15, 0.2) is 71.9 Å². The quantitative estimate of drug-likeness (QED) is 0.180. The van der Waals surface area contributed by atoms with Gasteiger partial charge in [0, 0.05) is 30.8 Å². The van der Waals surface area contributed by atoms with Gasteiger partial charge in [0.15, 0.2) is 4.90 Å². The van der Waals surface area contributed by atoms with E-state index >= 15 is 4.39 Å². The van der Waals surface area contributed by atoms with Gasteiger partial charge in [-0.25, -0.2) is 41.5 Å². The lowest BCUT2D eigenvalue weighted by Gasteiger charge is -2.27. The number of thiazole rings is 1. The Labute approximate surface area is 291 Å². The van der Waals surface area contributed by atoms with Gasteiger partial charge in [-0.1, -0.05) is 6.07 Å². The summed E-state index contributed by atoms with van der Waals surface area (Å²) in [5, 5.41) is 4.08. The Hall–Kier alpha value is -4.64. The Morgan fingerprint density at radius 3 is 2.38 bits per heavy atom. The molecule has 2 aliphatic rings. The minimum Gasteiger partial charge on any atom is -0.378 e. The van der Waals surface area contributed by atoms with Gasteiger partial charge in [0.2, 0.25) is 5.95 Å². The zero-order chi connectivity index (χ0) is 34.8. The van der Waals surface area contributed by atoms with Crippen molar-refractivity contribution in [1.82, 2.24) is 24.8 Å². The van der Waals surface area contributed by atoms with Crippen LogP contribution in [0.2, 0.25) is 0 Å². The molecule has 0 bridgehead atoms. The van der Waals surface area contributed by atoms with E-state index in [1.807, 2.05) is 16.9 Å². The van der Waals surface area contributed by atoms with E-state index in [0.717, 1.165) is 74.1 Å². The van der Waals surface area contributed by atoms with Crippen molar-refractivity contribution in [2.75, 3.05) is 61.4 Å². The molecule has 7 rings (SSSR count). The van der Waals surface area contributed by atoms with Gasteiger partial charge in [0.1, 0.15) is 23.3 Å². The van der Waals surface area contributed by atoms with Crippen molar-refractivity contribution >= 4 is 44.5 Å². The molecule has 5 heterocycles. The molecule has 3 aromatic heterocycles. The number of ether oxygens (including phenoxy) is 1. The molecule has 50 heavy (non-hydrogen) atoms. The van der Waals surface area contributed by atoms with Gasteiger partial charge in [-0.15, -0.1) is 11.3 Å². The fourth-order valence-electron chi connectivity index (χ4n) is 5.94. The minimum absolute atomic E-state index is 0.182. The summed E-state index contributed by atoms with van der Waals surface area (Å²) in [5.74, 6) is -2.16. The van der Waals surface area contributed by atoms with Crippen molar-refractivity contribution in [2.45, 2.75) is 23.7 Å². The summed E-state index contributed by atoms with van der Waals surface area (Å²) in [7, 11) is -2.75. The lowest BCUT2D eigenvalue weighted by atomic mass is 9.98. The molecule has 2 saturated heterocycles. The number of morpholine rings is 1. The number of benzene rings is 2. The third-order valence-corrected chi connectivity index (χ3v) is 11.3. The number of sulfonamides is 1. The van der Waals surface area contributed by atoms with Crippen LogP contribution in [0.4, 0.5) is 36.3 Å². The number of nitrogens with zero attached hydrogens (tertiary/aromatic N) is 6.